The summed E-state index contributed by atoms with van der Waals surface area (Å²) in [6, 6.07) is 0.353. The third kappa shape index (κ3) is 11.8. The maximum atomic E-state index is 12.0. The lowest BCUT2D eigenvalue weighted by Crippen LogP contribution is -2.22. The van der Waals surface area contributed by atoms with E-state index in [4.69, 9.17) is 4.74 Å². The van der Waals surface area contributed by atoms with Crippen LogP contribution in [0, 0.1) is 0 Å². The average Bonchev–Trinajstić information content (AvgIpc) is 2.70. The molecule has 30 heavy (non-hydrogen) atoms. The van der Waals surface area contributed by atoms with Gasteiger partial charge in [-0.25, -0.2) is 4.39 Å². The van der Waals surface area contributed by atoms with Gasteiger partial charge in [0.05, 0.1) is 20.0 Å². The molecule has 0 unspecified atom stereocenters. The summed E-state index contributed by atoms with van der Waals surface area (Å²) in [5.41, 5.74) is 8.19. The fourth-order valence-corrected chi connectivity index (χ4v) is 2.44. The summed E-state index contributed by atoms with van der Waals surface area (Å²) < 4.78 is 17.2. The maximum absolute atomic E-state index is 12.0. The highest BCUT2D eigenvalue weighted by Gasteiger charge is 2.07. The normalized spacial score (nSPS) is 15.5. The smallest absolute Gasteiger partial charge is 0.116 e. The number of allylic oxidation sites excluding steroid dienone is 9. The minimum atomic E-state index is 0.353. The lowest BCUT2D eigenvalue weighted by Gasteiger charge is -2.16. The molecule has 0 aromatic rings. The van der Waals surface area contributed by atoms with Gasteiger partial charge in [0.1, 0.15) is 5.76 Å². The average molecular weight is 417 g/mol. The van der Waals surface area contributed by atoms with Gasteiger partial charge in [0.2, 0.25) is 0 Å². The summed E-state index contributed by atoms with van der Waals surface area (Å²) in [5.74, 6) is 0.626. The molecule has 6 heteroatoms. The number of nitrogens with one attached hydrogen (secondary N) is 2. The fraction of sp³-hybridized carbons (Fsp3) is 0.417. The van der Waals surface area contributed by atoms with Gasteiger partial charge in [-0.3, -0.25) is 10.4 Å². The Labute approximate surface area is 181 Å². The molecule has 0 spiro atoms. The molecule has 0 bridgehead atoms. The standard InChI is InChI=1S/C24H37FN4O/c1-9-27-29-22(7)24(20(5)21(6)28-18(2)3)14-13-19(4)26-17-15-23(30-8)12-10-11-16-25/h9-16,18,28-29H,17H2,1-8H3/b12-10-,14-13?,16-11+,21-20+,23-15-,24-22?,26-19?,27-9-. The second kappa shape index (κ2) is 16.0. The largest absolute Gasteiger partial charge is 0.497 e. The Morgan fingerprint density at radius 3 is 2.30 bits per heavy atom. The molecule has 0 aromatic heterocycles. The lowest BCUT2D eigenvalue weighted by atomic mass is 10.0. The number of halogens is 1. The van der Waals surface area contributed by atoms with E-state index in [-0.39, 0.29) is 0 Å². The van der Waals surface area contributed by atoms with Crippen LogP contribution in [0.25, 0.3) is 0 Å². The van der Waals surface area contributed by atoms with Crippen molar-refractivity contribution < 1.29 is 9.13 Å². The molecule has 2 N–H and O–H groups in total. The molecular formula is C24H37FN4O. The van der Waals surface area contributed by atoms with E-state index in [1.165, 1.54) is 6.08 Å². The van der Waals surface area contributed by atoms with Gasteiger partial charge in [0.15, 0.2) is 0 Å². The van der Waals surface area contributed by atoms with E-state index in [9.17, 15) is 4.39 Å². The van der Waals surface area contributed by atoms with Crippen LogP contribution >= 0.6 is 0 Å². The quantitative estimate of drug-likeness (QED) is 0.185. The van der Waals surface area contributed by atoms with Crippen molar-refractivity contribution in [3.8, 4) is 0 Å². The predicted molar refractivity (Wildman–Crippen MR) is 128 cm³/mol. The van der Waals surface area contributed by atoms with E-state index >= 15 is 0 Å². The molecule has 0 aliphatic heterocycles. The molecule has 0 radical (unpaired) electrons. The summed E-state index contributed by atoms with van der Waals surface area (Å²) in [7, 11) is 1.57. The molecule has 5 nitrogen and oxygen atoms in total. The van der Waals surface area contributed by atoms with Crippen LogP contribution in [0.5, 0.6) is 0 Å². The number of aliphatic imine (C=N–C) groups is 1. The zero-order chi connectivity index (χ0) is 22.9. The Morgan fingerprint density at radius 1 is 1.03 bits per heavy atom. The Kier molecular flexibility index (Phi) is 14.4. The van der Waals surface area contributed by atoms with Crippen molar-refractivity contribution in [2.24, 2.45) is 10.1 Å². The molecule has 0 fully saturated rings. The molecule has 0 aliphatic rings. The van der Waals surface area contributed by atoms with E-state index in [0.29, 0.717) is 24.7 Å². The SMILES string of the molecule is C/C=N\NC(C)=C(C=CC(C)=NC/C=C(/C=C\C=C\F)OC)/C(C)=C(\C)NC(C)C. The summed E-state index contributed by atoms with van der Waals surface area (Å²) in [4.78, 5) is 4.53. The van der Waals surface area contributed by atoms with Gasteiger partial charge in [-0.05, 0) is 83.9 Å². The van der Waals surface area contributed by atoms with Crippen LogP contribution in [-0.4, -0.2) is 31.6 Å². The minimum Gasteiger partial charge on any atom is -0.497 e. The molecule has 166 valence electrons. The van der Waals surface area contributed by atoms with Gasteiger partial charge in [-0.2, -0.15) is 5.10 Å². The van der Waals surface area contributed by atoms with Crippen molar-refractivity contribution in [2.45, 2.75) is 54.5 Å². The van der Waals surface area contributed by atoms with Gasteiger partial charge in [-0.1, -0.05) is 12.2 Å². The molecule has 0 aliphatic carbocycles. The number of hydrogen-bond acceptors (Lipinski definition) is 5. The highest BCUT2D eigenvalue weighted by molar-refractivity contribution is 5.93. The Hall–Kier alpha value is -2.89. The summed E-state index contributed by atoms with van der Waals surface area (Å²) in [5, 5.41) is 7.59. The lowest BCUT2D eigenvalue weighted by molar-refractivity contribution is 0.306. The van der Waals surface area contributed by atoms with Crippen molar-refractivity contribution in [3.63, 3.8) is 0 Å². The van der Waals surface area contributed by atoms with Crippen LogP contribution in [0.2, 0.25) is 0 Å². The third-order valence-corrected chi connectivity index (χ3v) is 4.04. The minimum absolute atomic E-state index is 0.353. The Balaban J connectivity index is 5.60. The molecule has 0 saturated heterocycles. The zero-order valence-corrected chi connectivity index (χ0v) is 19.6. The summed E-state index contributed by atoms with van der Waals surface area (Å²) in [6.45, 7) is 14.7. The van der Waals surface area contributed by atoms with Crippen LogP contribution in [0.1, 0.15) is 48.5 Å². The van der Waals surface area contributed by atoms with Crippen molar-refractivity contribution in [1.29, 1.82) is 0 Å². The van der Waals surface area contributed by atoms with E-state index in [2.05, 4.69) is 48.5 Å². The van der Waals surface area contributed by atoms with Crippen molar-refractivity contribution >= 4 is 11.9 Å². The van der Waals surface area contributed by atoms with Gasteiger partial charge >= 0.3 is 0 Å². The Bertz CT molecular complexity index is 766. The highest BCUT2D eigenvalue weighted by atomic mass is 19.1. The van der Waals surface area contributed by atoms with Gasteiger partial charge < -0.3 is 10.1 Å². The van der Waals surface area contributed by atoms with Gasteiger partial charge in [0.25, 0.3) is 0 Å². The molecule has 0 rings (SSSR count). The third-order valence-electron chi connectivity index (χ3n) is 4.04. The van der Waals surface area contributed by atoms with E-state index in [0.717, 1.165) is 28.3 Å². The van der Waals surface area contributed by atoms with E-state index < -0.39 is 0 Å². The van der Waals surface area contributed by atoms with Crippen LogP contribution < -0.4 is 10.7 Å². The van der Waals surface area contributed by atoms with Gasteiger partial charge in [-0.15, -0.1) is 0 Å². The monoisotopic (exact) mass is 416 g/mol. The number of hydrogen-bond donors (Lipinski definition) is 2. The first-order chi connectivity index (χ1) is 14.3. The van der Waals surface area contributed by atoms with E-state index in [1.54, 1.807) is 25.5 Å². The summed E-state index contributed by atoms with van der Waals surface area (Å²) >= 11 is 0. The van der Waals surface area contributed by atoms with Crippen LogP contribution in [0.4, 0.5) is 4.39 Å². The molecule has 0 heterocycles. The van der Waals surface area contributed by atoms with E-state index in [1.807, 2.05) is 39.0 Å². The molecule has 0 saturated carbocycles. The maximum Gasteiger partial charge on any atom is 0.116 e. The van der Waals surface area contributed by atoms with Crippen molar-refractivity contribution in [3.05, 3.63) is 71.1 Å². The second-order valence-electron chi connectivity index (χ2n) is 6.89. The van der Waals surface area contributed by atoms with Crippen LogP contribution in [-0.2, 0) is 4.74 Å². The molecule has 0 aromatic carbocycles. The Morgan fingerprint density at radius 2 is 1.73 bits per heavy atom. The number of rotatable bonds is 12. The fourth-order valence-electron chi connectivity index (χ4n) is 2.44. The van der Waals surface area contributed by atoms with Crippen LogP contribution in [0.3, 0.4) is 0 Å². The first kappa shape index (κ1) is 27.1. The van der Waals surface area contributed by atoms with Gasteiger partial charge in [0, 0.05) is 29.4 Å². The number of ether oxygens (including phenoxy) is 1. The number of methoxy groups -OCH3 is 1. The number of hydrazone groups is 1. The first-order valence-corrected chi connectivity index (χ1v) is 10.0. The summed E-state index contributed by atoms with van der Waals surface area (Å²) in [6.07, 6.45) is 12.6. The first-order valence-electron chi connectivity index (χ1n) is 10.0. The molecular weight excluding hydrogens is 379 g/mol. The molecule has 0 amide bonds. The van der Waals surface area contributed by atoms with Crippen LogP contribution in [0.15, 0.2) is 81.2 Å². The number of nitrogens with zero attached hydrogens (tertiary/aromatic N) is 2. The highest BCUT2D eigenvalue weighted by Crippen LogP contribution is 2.18. The second-order valence-corrected chi connectivity index (χ2v) is 6.89. The van der Waals surface area contributed by atoms with Crippen molar-refractivity contribution in [1.82, 2.24) is 10.7 Å². The topological polar surface area (TPSA) is 58.0 Å². The zero-order valence-electron chi connectivity index (χ0n) is 19.6. The predicted octanol–water partition coefficient (Wildman–Crippen LogP) is 5.73. The van der Waals surface area contributed by atoms with Crippen molar-refractivity contribution in [2.75, 3.05) is 13.7 Å². The molecule has 0 atom stereocenters.